The van der Waals surface area contributed by atoms with Crippen LogP contribution in [-0.4, -0.2) is 17.1 Å². The van der Waals surface area contributed by atoms with Crippen molar-refractivity contribution in [2.45, 2.75) is 32.4 Å². The highest BCUT2D eigenvalue weighted by Crippen LogP contribution is 2.17. The molecule has 0 amide bonds. The first-order chi connectivity index (χ1) is 7.61. The maximum Gasteiger partial charge on any atom is 0.308 e. The normalized spacial score (nSPS) is 12.3. The zero-order valence-electron chi connectivity index (χ0n) is 9.40. The quantitative estimate of drug-likeness (QED) is 0.718. The summed E-state index contributed by atoms with van der Waals surface area (Å²) in [4.78, 5) is 12.6. The van der Waals surface area contributed by atoms with E-state index in [4.69, 9.17) is 5.11 Å². The topological polar surface area (TPSA) is 49.3 Å². The Morgan fingerprint density at radius 1 is 1.62 bits per heavy atom. The number of hydrogen-bond acceptors (Lipinski definition) is 3. The summed E-state index contributed by atoms with van der Waals surface area (Å²) in [5.74, 6) is -0.776. The number of aliphatic carboxylic acids is 1. The molecule has 4 heteroatoms. The van der Waals surface area contributed by atoms with E-state index in [-0.39, 0.29) is 6.42 Å². The predicted octanol–water partition coefficient (Wildman–Crippen LogP) is 2.43. The minimum Gasteiger partial charge on any atom is -0.481 e. The van der Waals surface area contributed by atoms with E-state index in [9.17, 15) is 4.79 Å². The second-order valence-electron chi connectivity index (χ2n) is 3.74. The molecule has 16 heavy (non-hydrogen) atoms. The fourth-order valence-electron chi connectivity index (χ4n) is 1.37. The Morgan fingerprint density at radius 2 is 2.31 bits per heavy atom. The monoisotopic (exact) mass is 239 g/mol. The number of carboxylic acid groups (broad SMARTS) is 1. The van der Waals surface area contributed by atoms with Gasteiger partial charge in [-0.15, -0.1) is 17.9 Å². The van der Waals surface area contributed by atoms with Crippen molar-refractivity contribution in [1.82, 2.24) is 5.32 Å². The van der Waals surface area contributed by atoms with Crippen molar-refractivity contribution in [1.29, 1.82) is 0 Å². The molecule has 2 N–H and O–H groups in total. The third kappa shape index (κ3) is 4.59. The van der Waals surface area contributed by atoms with E-state index in [1.807, 2.05) is 18.2 Å². The van der Waals surface area contributed by atoms with Crippen LogP contribution in [0, 0.1) is 0 Å². The van der Waals surface area contributed by atoms with E-state index >= 15 is 0 Å². The Morgan fingerprint density at radius 3 is 2.94 bits per heavy atom. The van der Waals surface area contributed by atoms with Gasteiger partial charge in [-0.25, -0.2) is 0 Å². The first-order valence-electron chi connectivity index (χ1n) is 5.25. The van der Waals surface area contributed by atoms with E-state index in [0.717, 1.165) is 17.8 Å². The zero-order chi connectivity index (χ0) is 12.0. The van der Waals surface area contributed by atoms with Crippen molar-refractivity contribution in [3.8, 4) is 0 Å². The van der Waals surface area contributed by atoms with Crippen LogP contribution in [0.1, 0.15) is 23.1 Å². The molecule has 0 saturated heterocycles. The molecule has 0 bridgehead atoms. The fourth-order valence-corrected chi connectivity index (χ4v) is 2.33. The Balaban J connectivity index is 2.40. The van der Waals surface area contributed by atoms with Crippen molar-refractivity contribution >= 4 is 17.3 Å². The van der Waals surface area contributed by atoms with Gasteiger partial charge in [0.15, 0.2) is 0 Å². The van der Waals surface area contributed by atoms with E-state index in [1.165, 1.54) is 4.88 Å². The summed E-state index contributed by atoms with van der Waals surface area (Å²) in [6.45, 7) is 6.59. The van der Waals surface area contributed by atoms with Gasteiger partial charge in [0.1, 0.15) is 0 Å². The maximum absolute atomic E-state index is 10.5. The Bertz CT molecular complexity index is 360. The van der Waals surface area contributed by atoms with Gasteiger partial charge < -0.3 is 10.4 Å². The molecule has 0 spiro atoms. The average Bonchev–Trinajstić information content (AvgIpc) is 2.62. The molecule has 0 aromatic carbocycles. The third-order valence-corrected chi connectivity index (χ3v) is 3.27. The molecule has 1 atom stereocenters. The Hall–Kier alpha value is -1.13. The van der Waals surface area contributed by atoms with Gasteiger partial charge in [-0.05, 0) is 25.5 Å². The molecule has 88 valence electrons. The predicted molar refractivity (Wildman–Crippen MR) is 66.8 cm³/mol. The number of carboxylic acids is 1. The smallest absolute Gasteiger partial charge is 0.308 e. The Kier molecular flexibility index (Phi) is 5.22. The summed E-state index contributed by atoms with van der Waals surface area (Å²) in [5.41, 5.74) is 0. The van der Waals surface area contributed by atoms with Crippen LogP contribution in [0.2, 0.25) is 0 Å². The largest absolute Gasteiger partial charge is 0.481 e. The second kappa shape index (κ2) is 6.45. The van der Waals surface area contributed by atoms with Crippen LogP contribution in [-0.2, 0) is 17.8 Å². The minimum absolute atomic E-state index is 0.118. The van der Waals surface area contributed by atoms with Crippen LogP contribution in [0.3, 0.4) is 0 Å². The summed E-state index contributed by atoms with van der Waals surface area (Å²) < 4.78 is 0. The molecule has 0 aliphatic carbocycles. The van der Waals surface area contributed by atoms with E-state index in [0.29, 0.717) is 6.04 Å². The molecule has 3 nitrogen and oxygen atoms in total. The van der Waals surface area contributed by atoms with Crippen molar-refractivity contribution in [2.24, 2.45) is 0 Å². The molecule has 1 aromatic rings. The molecule has 1 aromatic heterocycles. The van der Waals surface area contributed by atoms with Gasteiger partial charge in [-0.1, -0.05) is 6.08 Å². The third-order valence-electron chi connectivity index (χ3n) is 2.19. The van der Waals surface area contributed by atoms with Crippen LogP contribution in [0.5, 0.6) is 0 Å². The SMILES string of the molecule is C=CCC(C)NCc1ccc(CC(=O)O)s1. The van der Waals surface area contributed by atoms with Gasteiger partial charge in [0, 0.05) is 22.3 Å². The van der Waals surface area contributed by atoms with Gasteiger partial charge in [-0.3, -0.25) is 4.79 Å². The molecule has 0 aliphatic heterocycles. The highest BCUT2D eigenvalue weighted by molar-refractivity contribution is 7.12. The van der Waals surface area contributed by atoms with Gasteiger partial charge in [0.25, 0.3) is 0 Å². The van der Waals surface area contributed by atoms with Crippen LogP contribution in [0.4, 0.5) is 0 Å². The molecule has 0 fully saturated rings. The number of carbonyl (C=O) groups is 1. The lowest BCUT2D eigenvalue weighted by atomic mass is 10.2. The summed E-state index contributed by atoms with van der Waals surface area (Å²) >= 11 is 1.55. The van der Waals surface area contributed by atoms with Gasteiger partial charge in [-0.2, -0.15) is 0 Å². The molecule has 0 radical (unpaired) electrons. The molecule has 0 saturated carbocycles. The van der Waals surface area contributed by atoms with Gasteiger partial charge in [0.05, 0.1) is 6.42 Å². The molecular formula is C12H17NO2S. The molecule has 1 heterocycles. The van der Waals surface area contributed by atoms with Gasteiger partial charge in [0.2, 0.25) is 0 Å². The molecule has 0 aliphatic rings. The molecule has 1 rings (SSSR count). The number of thiophene rings is 1. The summed E-state index contributed by atoms with van der Waals surface area (Å²) in [7, 11) is 0. The van der Waals surface area contributed by atoms with Crippen molar-refractivity contribution < 1.29 is 9.90 Å². The lowest BCUT2D eigenvalue weighted by molar-refractivity contribution is -0.136. The first-order valence-corrected chi connectivity index (χ1v) is 6.07. The number of rotatable bonds is 7. The standard InChI is InChI=1S/C12H17NO2S/c1-3-4-9(2)13-8-11-6-5-10(16-11)7-12(14)15/h3,5-6,9,13H,1,4,7-8H2,2H3,(H,14,15). The van der Waals surface area contributed by atoms with Crippen LogP contribution < -0.4 is 5.32 Å². The summed E-state index contributed by atoms with van der Waals surface area (Å²) in [5, 5.41) is 12.0. The van der Waals surface area contributed by atoms with E-state index in [2.05, 4.69) is 18.8 Å². The lowest BCUT2D eigenvalue weighted by Crippen LogP contribution is -2.24. The summed E-state index contributed by atoms with van der Waals surface area (Å²) in [6.07, 6.45) is 2.95. The molecule has 1 unspecified atom stereocenters. The Labute approximate surface area is 99.8 Å². The first kappa shape index (κ1) is 12.9. The molecular weight excluding hydrogens is 222 g/mol. The second-order valence-corrected chi connectivity index (χ2v) is 5.00. The summed E-state index contributed by atoms with van der Waals surface area (Å²) in [6, 6.07) is 4.27. The minimum atomic E-state index is -0.776. The maximum atomic E-state index is 10.5. The van der Waals surface area contributed by atoms with Gasteiger partial charge >= 0.3 is 5.97 Å². The van der Waals surface area contributed by atoms with Crippen LogP contribution in [0.25, 0.3) is 0 Å². The van der Waals surface area contributed by atoms with E-state index < -0.39 is 5.97 Å². The number of nitrogens with one attached hydrogen (secondary N) is 1. The van der Waals surface area contributed by atoms with E-state index in [1.54, 1.807) is 11.3 Å². The fraction of sp³-hybridized carbons (Fsp3) is 0.417. The highest BCUT2D eigenvalue weighted by atomic mass is 32.1. The zero-order valence-corrected chi connectivity index (χ0v) is 10.2. The highest BCUT2D eigenvalue weighted by Gasteiger charge is 2.05. The van der Waals surface area contributed by atoms with Crippen molar-refractivity contribution in [3.63, 3.8) is 0 Å². The average molecular weight is 239 g/mol. The number of hydrogen-bond donors (Lipinski definition) is 2. The van der Waals surface area contributed by atoms with Crippen molar-refractivity contribution in [3.05, 3.63) is 34.5 Å². The van der Waals surface area contributed by atoms with Crippen molar-refractivity contribution in [2.75, 3.05) is 0 Å². The lowest BCUT2D eigenvalue weighted by Gasteiger charge is -2.09. The van der Waals surface area contributed by atoms with Crippen LogP contribution in [0.15, 0.2) is 24.8 Å². The van der Waals surface area contributed by atoms with Crippen LogP contribution >= 0.6 is 11.3 Å².